The maximum atomic E-state index is 10.1. The van der Waals surface area contributed by atoms with Gasteiger partial charge in [0, 0.05) is 49.4 Å². The molecule has 0 fully saturated rings. The summed E-state index contributed by atoms with van der Waals surface area (Å²) in [5.41, 5.74) is -2.95. The van der Waals surface area contributed by atoms with Crippen LogP contribution in [-0.4, -0.2) is 13.7 Å². The fraction of sp³-hybridized carbons (Fsp3) is 0. The Morgan fingerprint density at radius 2 is 0.686 bits per heavy atom. The molecule has 11 aromatic rings. The first-order chi connectivity index (χ1) is 34.1. The van der Waals surface area contributed by atoms with Crippen molar-refractivity contribution in [1.29, 1.82) is 0 Å². The van der Waals surface area contributed by atoms with Gasteiger partial charge in [0.2, 0.25) is 0 Å². The monoisotopic (exact) mass is 670 g/mol. The fourth-order valence-corrected chi connectivity index (χ4v) is 6.78. The highest BCUT2D eigenvalue weighted by Crippen LogP contribution is 2.39. The standard InChI is InChI=1S/C48H31N3/c1-3-13-34(14-4-1)49-45-22-12-9-19-39(45)42-31-36(25-28-46(42)49)51-44-21-11-8-18-38(44)41-27-24-33(30-48(41)51)32-23-26-40-37-17-7-10-20-43(37)50(47(40)29-32)35-15-5-2-6-16-35/h1-31H/i7D,8D,9D,10D,11D,12D,17D,18D,19D,20D,21D,22D,23D,24D,25D,26D,27D,28D,29D,30D,31D. The zero-order valence-corrected chi connectivity index (χ0v) is 26.1. The zero-order chi connectivity index (χ0) is 51.7. The van der Waals surface area contributed by atoms with Crippen molar-refractivity contribution >= 4 is 65.4 Å². The highest BCUT2D eigenvalue weighted by molar-refractivity contribution is 6.13. The molecule has 0 bridgehead atoms. The summed E-state index contributed by atoms with van der Waals surface area (Å²) in [6, 6.07) is 1.77. The summed E-state index contributed by atoms with van der Waals surface area (Å²) in [7, 11) is 0. The van der Waals surface area contributed by atoms with Gasteiger partial charge < -0.3 is 13.7 Å². The van der Waals surface area contributed by atoms with E-state index in [1.54, 1.807) is 60.7 Å². The smallest absolute Gasteiger partial charge is 0.0652 e. The molecular formula is C48H31N3. The third kappa shape index (κ3) is 4.12. The van der Waals surface area contributed by atoms with E-state index in [2.05, 4.69) is 0 Å². The Bertz CT molecular complexity index is 4330. The lowest BCUT2D eigenvalue weighted by molar-refractivity contribution is 1.16. The summed E-state index contributed by atoms with van der Waals surface area (Å²) in [4.78, 5) is 0. The molecule has 0 radical (unpaired) electrons. The van der Waals surface area contributed by atoms with Gasteiger partial charge in [0.15, 0.2) is 0 Å². The molecule has 0 saturated carbocycles. The molecule has 3 aromatic heterocycles. The molecule has 0 aliphatic carbocycles. The van der Waals surface area contributed by atoms with Crippen LogP contribution in [0.15, 0.2) is 188 Å². The number of hydrogen-bond acceptors (Lipinski definition) is 0. The molecule has 238 valence electrons. The summed E-state index contributed by atoms with van der Waals surface area (Å²) < 4.78 is 197. The Morgan fingerprint density at radius 3 is 1.20 bits per heavy atom. The second-order valence-electron chi connectivity index (χ2n) is 11.7. The molecule has 3 heteroatoms. The maximum Gasteiger partial charge on any atom is 0.0652 e. The summed E-state index contributed by atoms with van der Waals surface area (Å²) >= 11 is 0. The molecule has 0 atom stereocenters. The number of fused-ring (bicyclic) bond motifs is 9. The van der Waals surface area contributed by atoms with Gasteiger partial charge in [0.25, 0.3) is 0 Å². The molecule has 0 unspecified atom stereocenters. The molecule has 0 N–H and O–H groups in total. The number of nitrogens with zero attached hydrogens (tertiary/aromatic N) is 3. The van der Waals surface area contributed by atoms with Crippen molar-refractivity contribution in [2.75, 3.05) is 0 Å². The predicted molar refractivity (Wildman–Crippen MR) is 215 cm³/mol. The SMILES string of the molecule is [2H]c1c([2H])c([2H])c2c(c1[2H])c1c([2H])c(-n3c4c([2H])c([2H])c([2H])c([2H])c4c4c([2H])c([2H])c(-c5c([2H])c([2H])c6c7c([2H])c([2H])c([2H])c([2H])c7n(-c7ccccc7)c6c5[2H])c([2H])c43)c([2H])c([2H])c1n2-c1ccccc1. The second-order valence-corrected chi connectivity index (χ2v) is 11.7. The number of hydrogen-bond donors (Lipinski definition) is 0. The van der Waals surface area contributed by atoms with Crippen LogP contribution in [0, 0.1) is 0 Å². The third-order valence-corrected chi connectivity index (χ3v) is 8.96. The first-order valence-corrected chi connectivity index (χ1v) is 15.8. The van der Waals surface area contributed by atoms with E-state index in [4.69, 9.17) is 15.1 Å². The molecule has 3 heterocycles. The van der Waals surface area contributed by atoms with Gasteiger partial charge in [-0.3, -0.25) is 0 Å². The number of benzene rings is 8. The van der Waals surface area contributed by atoms with Crippen LogP contribution < -0.4 is 0 Å². The van der Waals surface area contributed by atoms with Gasteiger partial charge in [0.05, 0.1) is 61.9 Å². The van der Waals surface area contributed by atoms with Crippen molar-refractivity contribution in [3.8, 4) is 28.2 Å². The van der Waals surface area contributed by atoms with Crippen LogP contribution >= 0.6 is 0 Å². The molecule has 0 amide bonds. The summed E-state index contributed by atoms with van der Waals surface area (Å²) in [5, 5.41) is -1.76. The molecule has 0 spiro atoms. The number of aromatic nitrogens is 3. The minimum atomic E-state index is -0.831. The largest absolute Gasteiger partial charge is 0.309 e. The molecule has 51 heavy (non-hydrogen) atoms. The van der Waals surface area contributed by atoms with Crippen molar-refractivity contribution < 1.29 is 28.8 Å². The molecule has 8 aromatic carbocycles. The van der Waals surface area contributed by atoms with Crippen LogP contribution in [0.25, 0.3) is 93.6 Å². The van der Waals surface area contributed by atoms with Crippen molar-refractivity contribution in [1.82, 2.24) is 13.7 Å². The minimum absolute atomic E-state index is 0.135. The van der Waals surface area contributed by atoms with Crippen molar-refractivity contribution in [3.63, 3.8) is 0 Å². The lowest BCUT2D eigenvalue weighted by atomic mass is 10.0. The fourth-order valence-electron chi connectivity index (χ4n) is 6.78. The lowest BCUT2D eigenvalue weighted by Gasteiger charge is -2.11. The molecule has 0 aliphatic rings. The second kappa shape index (κ2) is 10.8. The van der Waals surface area contributed by atoms with Crippen LogP contribution in [-0.2, 0) is 0 Å². The van der Waals surface area contributed by atoms with Gasteiger partial charge in [-0.05, 0) is 83.7 Å². The first kappa shape index (κ1) is 14.6. The molecule has 0 saturated heterocycles. The zero-order valence-electron chi connectivity index (χ0n) is 47.1. The van der Waals surface area contributed by atoms with Crippen LogP contribution in [0.5, 0.6) is 0 Å². The van der Waals surface area contributed by atoms with Crippen LogP contribution in [0.2, 0.25) is 0 Å². The quantitative estimate of drug-likeness (QED) is 0.177. The minimum Gasteiger partial charge on any atom is -0.309 e. The number of para-hydroxylation sites is 5. The summed E-state index contributed by atoms with van der Waals surface area (Å²) in [5.74, 6) is 0. The van der Waals surface area contributed by atoms with E-state index >= 15 is 0 Å². The van der Waals surface area contributed by atoms with Crippen LogP contribution in [0.4, 0.5) is 0 Å². The first-order valence-electron chi connectivity index (χ1n) is 26.3. The van der Waals surface area contributed by atoms with E-state index in [0.717, 1.165) is 4.57 Å². The van der Waals surface area contributed by atoms with Crippen molar-refractivity contribution in [2.24, 2.45) is 0 Å². The normalized spacial score (nSPS) is 17.7. The van der Waals surface area contributed by atoms with E-state index in [1.165, 1.54) is 9.13 Å². The molecular weight excluding hydrogens is 619 g/mol. The van der Waals surface area contributed by atoms with Crippen LogP contribution in [0.3, 0.4) is 0 Å². The molecule has 0 aliphatic heterocycles. The average molecular weight is 671 g/mol. The number of rotatable bonds is 4. The Morgan fingerprint density at radius 1 is 0.294 bits per heavy atom. The highest BCUT2D eigenvalue weighted by atomic mass is 15.0. The van der Waals surface area contributed by atoms with Gasteiger partial charge in [-0.15, -0.1) is 0 Å². The Kier molecular flexibility index (Phi) is 3.09. The van der Waals surface area contributed by atoms with Gasteiger partial charge in [0.1, 0.15) is 0 Å². The highest BCUT2D eigenvalue weighted by Gasteiger charge is 2.18. The Labute approximate surface area is 324 Å². The third-order valence-electron chi connectivity index (χ3n) is 8.96. The van der Waals surface area contributed by atoms with Gasteiger partial charge in [-0.1, -0.05) is 115 Å². The summed E-state index contributed by atoms with van der Waals surface area (Å²) in [6.45, 7) is 0. The van der Waals surface area contributed by atoms with Gasteiger partial charge in [-0.25, -0.2) is 0 Å². The van der Waals surface area contributed by atoms with Gasteiger partial charge >= 0.3 is 0 Å². The Hall–Kier alpha value is -6.84. The van der Waals surface area contributed by atoms with E-state index < -0.39 is 166 Å². The van der Waals surface area contributed by atoms with E-state index in [-0.39, 0.29) is 49.3 Å². The lowest BCUT2D eigenvalue weighted by Crippen LogP contribution is -1.96. The van der Waals surface area contributed by atoms with Crippen LogP contribution in [0.1, 0.15) is 28.8 Å². The molecule has 11 rings (SSSR count). The van der Waals surface area contributed by atoms with Crippen molar-refractivity contribution in [3.05, 3.63) is 188 Å². The maximum absolute atomic E-state index is 10.1. The Balaban J connectivity index is 1.38. The predicted octanol–water partition coefficient (Wildman–Crippen LogP) is 12.6. The topological polar surface area (TPSA) is 14.8 Å². The van der Waals surface area contributed by atoms with E-state index in [0.29, 0.717) is 5.69 Å². The van der Waals surface area contributed by atoms with Crippen molar-refractivity contribution in [2.45, 2.75) is 0 Å². The summed E-state index contributed by atoms with van der Waals surface area (Å²) in [6.07, 6.45) is 0. The van der Waals surface area contributed by atoms with E-state index in [1.807, 2.05) is 0 Å². The average Bonchev–Trinajstić information content (AvgIpc) is 4.05. The van der Waals surface area contributed by atoms with Gasteiger partial charge in [-0.2, -0.15) is 0 Å². The van der Waals surface area contributed by atoms with E-state index in [9.17, 15) is 13.7 Å². The molecule has 3 nitrogen and oxygen atoms in total.